The average Bonchev–Trinajstić information content (AvgIpc) is 3.12. The Hall–Kier alpha value is -3.08. The summed E-state index contributed by atoms with van der Waals surface area (Å²) in [5.74, 6) is 0.925. The highest BCUT2D eigenvalue weighted by Gasteiger charge is 2.20. The molecule has 0 radical (unpaired) electrons. The van der Waals surface area contributed by atoms with Gasteiger partial charge in [-0.15, -0.1) is 0 Å². The van der Waals surface area contributed by atoms with E-state index in [0.29, 0.717) is 13.0 Å². The Kier molecular flexibility index (Phi) is 4.44. The van der Waals surface area contributed by atoms with Crippen LogP contribution in [0.15, 0.2) is 54.9 Å². The molecule has 0 spiro atoms. The van der Waals surface area contributed by atoms with Gasteiger partial charge in [0.05, 0.1) is 24.6 Å². The van der Waals surface area contributed by atoms with E-state index in [1.807, 2.05) is 53.7 Å². The maximum Gasteiger partial charge on any atom is 0.227 e. The molecule has 3 aromatic rings. The Morgan fingerprint density at radius 3 is 3.04 bits per heavy atom. The number of hydrogen-bond donors (Lipinski definition) is 1. The third kappa shape index (κ3) is 3.20. The van der Waals surface area contributed by atoms with Gasteiger partial charge in [-0.1, -0.05) is 18.2 Å². The van der Waals surface area contributed by atoms with Gasteiger partial charge >= 0.3 is 0 Å². The lowest BCUT2D eigenvalue weighted by Gasteiger charge is -2.26. The van der Waals surface area contributed by atoms with Crippen LogP contribution in [0, 0.1) is 0 Å². The number of benzene rings is 1. The van der Waals surface area contributed by atoms with Gasteiger partial charge in [0, 0.05) is 31.0 Å². The Balaban J connectivity index is 1.46. The second kappa shape index (κ2) is 7.04. The molecule has 5 heteroatoms. The second-order valence-corrected chi connectivity index (χ2v) is 6.45. The monoisotopic (exact) mass is 347 g/mol. The van der Waals surface area contributed by atoms with Gasteiger partial charge in [0.1, 0.15) is 5.75 Å². The second-order valence-electron chi connectivity index (χ2n) is 6.45. The summed E-state index contributed by atoms with van der Waals surface area (Å²) in [6.45, 7) is 1.37. The summed E-state index contributed by atoms with van der Waals surface area (Å²) >= 11 is 0. The summed E-state index contributed by atoms with van der Waals surface area (Å²) < 4.78 is 5.23. The molecule has 0 bridgehead atoms. The molecule has 132 valence electrons. The molecule has 0 saturated heterocycles. The van der Waals surface area contributed by atoms with Crippen LogP contribution >= 0.6 is 0 Å². The lowest BCUT2D eigenvalue weighted by molar-refractivity contribution is -0.130. The number of fused-ring (bicyclic) bond motifs is 1. The molecule has 0 aliphatic carbocycles. The number of nitrogens with one attached hydrogen (secondary N) is 1. The van der Waals surface area contributed by atoms with Crippen molar-refractivity contribution < 1.29 is 9.53 Å². The molecule has 5 nitrogen and oxygen atoms in total. The van der Waals surface area contributed by atoms with E-state index in [1.54, 1.807) is 7.11 Å². The predicted octanol–water partition coefficient (Wildman–Crippen LogP) is 3.43. The van der Waals surface area contributed by atoms with Gasteiger partial charge in [0.25, 0.3) is 0 Å². The van der Waals surface area contributed by atoms with Crippen molar-refractivity contribution in [3.05, 3.63) is 66.0 Å². The zero-order chi connectivity index (χ0) is 17.9. The van der Waals surface area contributed by atoms with Crippen LogP contribution in [0.1, 0.15) is 17.5 Å². The summed E-state index contributed by atoms with van der Waals surface area (Å²) in [4.78, 5) is 22.3. The molecule has 1 aliphatic heterocycles. The maximum absolute atomic E-state index is 12.6. The standard InChI is InChI=1S/C21H21N3O2/c1-26-17-5-2-4-15(12-17)13-20(25)24-10-7-16(8-11-24)18-14-23-19-6-3-9-22-21(18)19/h2-7,9,12,14,23H,8,10-11,13H2,1H3. The van der Waals surface area contributed by atoms with Crippen molar-refractivity contribution in [1.29, 1.82) is 0 Å². The molecule has 4 rings (SSSR count). The Morgan fingerprint density at radius 2 is 2.23 bits per heavy atom. The van der Waals surface area contributed by atoms with Gasteiger partial charge in [-0.05, 0) is 41.8 Å². The molecule has 0 fully saturated rings. The summed E-state index contributed by atoms with van der Waals surface area (Å²) in [6.07, 6.45) is 7.21. The van der Waals surface area contributed by atoms with Crippen LogP contribution in [0.3, 0.4) is 0 Å². The van der Waals surface area contributed by atoms with E-state index < -0.39 is 0 Å². The van der Waals surface area contributed by atoms with Crippen molar-refractivity contribution in [2.24, 2.45) is 0 Å². The molecule has 3 heterocycles. The van der Waals surface area contributed by atoms with Crippen LogP contribution in [0.25, 0.3) is 16.6 Å². The third-order valence-corrected chi connectivity index (χ3v) is 4.83. The van der Waals surface area contributed by atoms with Gasteiger partial charge in [-0.2, -0.15) is 0 Å². The molecular weight excluding hydrogens is 326 g/mol. The lowest BCUT2D eigenvalue weighted by Crippen LogP contribution is -2.35. The van der Waals surface area contributed by atoms with Crippen molar-refractivity contribution in [2.45, 2.75) is 12.8 Å². The molecule has 1 N–H and O–H groups in total. The first-order valence-corrected chi connectivity index (χ1v) is 8.77. The number of hydrogen-bond acceptors (Lipinski definition) is 3. The first-order chi connectivity index (χ1) is 12.7. The number of methoxy groups -OCH3 is 1. The van der Waals surface area contributed by atoms with Crippen LogP contribution < -0.4 is 4.74 Å². The molecule has 2 aromatic heterocycles. The maximum atomic E-state index is 12.6. The van der Waals surface area contributed by atoms with Gasteiger partial charge in [0.15, 0.2) is 0 Å². The minimum atomic E-state index is 0.144. The van der Waals surface area contributed by atoms with E-state index in [9.17, 15) is 4.79 Å². The fourth-order valence-electron chi connectivity index (χ4n) is 3.41. The van der Waals surface area contributed by atoms with E-state index in [0.717, 1.165) is 40.9 Å². The molecule has 1 aliphatic rings. The smallest absolute Gasteiger partial charge is 0.227 e. The zero-order valence-electron chi connectivity index (χ0n) is 14.7. The van der Waals surface area contributed by atoms with E-state index in [2.05, 4.69) is 16.0 Å². The number of rotatable bonds is 4. The number of amides is 1. The minimum absolute atomic E-state index is 0.144. The fraction of sp³-hybridized carbons (Fsp3) is 0.238. The van der Waals surface area contributed by atoms with Gasteiger partial charge in [-0.25, -0.2) is 0 Å². The van der Waals surface area contributed by atoms with Crippen LogP contribution in [0.2, 0.25) is 0 Å². The van der Waals surface area contributed by atoms with Crippen molar-refractivity contribution in [3.63, 3.8) is 0 Å². The summed E-state index contributed by atoms with van der Waals surface area (Å²) in [6, 6.07) is 11.6. The molecule has 1 amide bonds. The number of pyridine rings is 1. The Labute approximate surface area is 152 Å². The number of ether oxygens (including phenoxy) is 1. The highest BCUT2D eigenvalue weighted by Crippen LogP contribution is 2.28. The Bertz CT molecular complexity index is 974. The van der Waals surface area contributed by atoms with Crippen molar-refractivity contribution in [1.82, 2.24) is 14.9 Å². The number of nitrogens with zero attached hydrogens (tertiary/aromatic N) is 2. The topological polar surface area (TPSA) is 58.2 Å². The van der Waals surface area contributed by atoms with Crippen molar-refractivity contribution >= 4 is 22.5 Å². The van der Waals surface area contributed by atoms with Crippen LogP contribution in [0.5, 0.6) is 5.75 Å². The normalized spacial score (nSPS) is 14.3. The molecule has 0 atom stereocenters. The highest BCUT2D eigenvalue weighted by molar-refractivity contribution is 5.90. The van der Waals surface area contributed by atoms with Crippen LogP contribution in [0.4, 0.5) is 0 Å². The van der Waals surface area contributed by atoms with Crippen LogP contribution in [-0.4, -0.2) is 41.0 Å². The van der Waals surface area contributed by atoms with E-state index >= 15 is 0 Å². The Morgan fingerprint density at radius 1 is 1.31 bits per heavy atom. The summed E-state index contributed by atoms with van der Waals surface area (Å²) in [7, 11) is 1.64. The lowest BCUT2D eigenvalue weighted by atomic mass is 10.0. The first-order valence-electron chi connectivity index (χ1n) is 8.77. The van der Waals surface area contributed by atoms with E-state index in [4.69, 9.17) is 4.74 Å². The largest absolute Gasteiger partial charge is 0.497 e. The molecule has 1 aromatic carbocycles. The number of aromatic nitrogens is 2. The first kappa shape index (κ1) is 16.4. The molecule has 26 heavy (non-hydrogen) atoms. The van der Waals surface area contributed by atoms with Crippen molar-refractivity contribution in [3.8, 4) is 5.75 Å². The average molecular weight is 347 g/mol. The highest BCUT2D eigenvalue weighted by atomic mass is 16.5. The van der Waals surface area contributed by atoms with Gasteiger partial charge in [-0.3, -0.25) is 9.78 Å². The van der Waals surface area contributed by atoms with E-state index in [1.165, 1.54) is 5.57 Å². The number of carbonyl (C=O) groups is 1. The SMILES string of the molecule is COc1cccc(CC(=O)N2CC=C(c3c[nH]c4cccnc34)CC2)c1. The predicted molar refractivity (Wildman–Crippen MR) is 102 cm³/mol. The van der Waals surface area contributed by atoms with Crippen LogP contribution in [-0.2, 0) is 11.2 Å². The molecule has 0 unspecified atom stereocenters. The third-order valence-electron chi connectivity index (χ3n) is 4.83. The minimum Gasteiger partial charge on any atom is -0.497 e. The van der Waals surface area contributed by atoms with E-state index in [-0.39, 0.29) is 5.91 Å². The van der Waals surface area contributed by atoms with Gasteiger partial charge in [0.2, 0.25) is 5.91 Å². The quantitative estimate of drug-likeness (QED) is 0.787. The number of aromatic amines is 1. The summed E-state index contributed by atoms with van der Waals surface area (Å²) in [5.41, 5.74) is 5.40. The van der Waals surface area contributed by atoms with Gasteiger partial charge < -0.3 is 14.6 Å². The van der Waals surface area contributed by atoms with Crippen molar-refractivity contribution in [2.75, 3.05) is 20.2 Å². The fourth-order valence-corrected chi connectivity index (χ4v) is 3.41. The molecular formula is C21H21N3O2. The number of H-pyrrole nitrogens is 1. The summed E-state index contributed by atoms with van der Waals surface area (Å²) in [5, 5.41) is 0. The molecule has 0 saturated carbocycles. The zero-order valence-corrected chi connectivity index (χ0v) is 14.7. The number of carbonyl (C=O) groups excluding carboxylic acids is 1.